The first kappa shape index (κ1) is 13.1. The predicted octanol–water partition coefficient (Wildman–Crippen LogP) is 2.27. The van der Waals surface area contributed by atoms with Crippen molar-refractivity contribution in [2.24, 2.45) is 7.05 Å². The van der Waals surface area contributed by atoms with Crippen LogP contribution in [0, 0.1) is 0 Å². The predicted molar refractivity (Wildman–Crippen MR) is 82.3 cm³/mol. The van der Waals surface area contributed by atoms with Gasteiger partial charge in [-0.2, -0.15) is 5.10 Å². The van der Waals surface area contributed by atoms with Gasteiger partial charge in [0, 0.05) is 43.1 Å². The van der Waals surface area contributed by atoms with E-state index >= 15 is 0 Å². The summed E-state index contributed by atoms with van der Waals surface area (Å²) in [5.41, 5.74) is 2.55. The van der Waals surface area contributed by atoms with Crippen molar-refractivity contribution >= 4 is 16.9 Å². The first-order valence-electron chi connectivity index (χ1n) is 7.45. The Hall–Kier alpha value is -2.63. The highest BCUT2D eigenvalue weighted by molar-refractivity contribution is 6.06. The molecular weight excluding hydrogens is 278 g/mol. The maximum Gasteiger partial charge on any atom is 0.256 e. The first-order chi connectivity index (χ1) is 10.7. The maximum atomic E-state index is 13.0. The lowest BCUT2D eigenvalue weighted by Crippen LogP contribution is -2.30. The molecule has 0 spiro atoms. The largest absolute Gasteiger partial charge is 0.345 e. The quantitative estimate of drug-likeness (QED) is 0.788. The molecule has 1 aliphatic heterocycles. The summed E-state index contributed by atoms with van der Waals surface area (Å²) in [4.78, 5) is 22.2. The van der Waals surface area contributed by atoms with Crippen LogP contribution < -0.4 is 0 Å². The fourth-order valence-corrected chi connectivity index (χ4v) is 3.26. The van der Waals surface area contributed by atoms with E-state index in [-0.39, 0.29) is 11.9 Å². The lowest BCUT2D eigenvalue weighted by molar-refractivity contribution is 0.0737. The Morgan fingerprint density at radius 3 is 3.18 bits per heavy atom. The minimum Gasteiger partial charge on any atom is -0.345 e. The number of hydrogen-bond acceptors (Lipinski definition) is 3. The summed E-state index contributed by atoms with van der Waals surface area (Å²) in [6.45, 7) is 0.783. The average molecular weight is 295 g/mol. The molecule has 0 aromatic carbocycles. The van der Waals surface area contributed by atoms with Crippen molar-refractivity contribution in [2.45, 2.75) is 18.9 Å². The number of H-pyrrole nitrogens is 1. The van der Waals surface area contributed by atoms with E-state index in [2.05, 4.69) is 15.1 Å². The van der Waals surface area contributed by atoms with E-state index in [4.69, 9.17) is 0 Å². The Morgan fingerprint density at radius 2 is 2.36 bits per heavy atom. The highest BCUT2D eigenvalue weighted by Gasteiger charge is 2.32. The Balaban J connectivity index is 1.69. The molecule has 22 heavy (non-hydrogen) atoms. The second-order valence-electron chi connectivity index (χ2n) is 5.71. The zero-order chi connectivity index (χ0) is 15.1. The SMILES string of the molecule is Cn1cc([C@@H]2CCCN2C(=O)c2c[nH]c3ncccc23)cn1. The summed E-state index contributed by atoms with van der Waals surface area (Å²) >= 11 is 0. The maximum absolute atomic E-state index is 13.0. The van der Waals surface area contributed by atoms with E-state index in [9.17, 15) is 4.79 Å². The summed E-state index contributed by atoms with van der Waals surface area (Å²) in [5, 5.41) is 5.11. The molecule has 1 amide bonds. The normalized spacial score (nSPS) is 18.2. The van der Waals surface area contributed by atoms with Gasteiger partial charge in [0.2, 0.25) is 0 Å². The number of carbonyl (C=O) groups excluding carboxylic acids is 1. The van der Waals surface area contributed by atoms with Crippen molar-refractivity contribution in [2.75, 3.05) is 6.54 Å². The van der Waals surface area contributed by atoms with Crippen LogP contribution in [0.25, 0.3) is 11.0 Å². The highest BCUT2D eigenvalue weighted by atomic mass is 16.2. The van der Waals surface area contributed by atoms with E-state index in [0.717, 1.165) is 36.0 Å². The van der Waals surface area contributed by atoms with E-state index in [1.54, 1.807) is 17.1 Å². The molecule has 4 rings (SSSR count). The van der Waals surface area contributed by atoms with Crippen LogP contribution in [0.3, 0.4) is 0 Å². The van der Waals surface area contributed by atoms with Crippen molar-refractivity contribution < 1.29 is 4.79 Å². The summed E-state index contributed by atoms with van der Waals surface area (Å²) in [7, 11) is 1.90. The van der Waals surface area contributed by atoms with Gasteiger partial charge in [0.1, 0.15) is 5.65 Å². The van der Waals surface area contributed by atoms with Crippen LogP contribution in [-0.2, 0) is 7.05 Å². The monoisotopic (exact) mass is 295 g/mol. The zero-order valence-electron chi connectivity index (χ0n) is 12.4. The van der Waals surface area contributed by atoms with Crippen LogP contribution in [-0.4, -0.2) is 37.1 Å². The van der Waals surface area contributed by atoms with Crippen molar-refractivity contribution in [3.8, 4) is 0 Å². The molecule has 0 bridgehead atoms. The molecule has 0 unspecified atom stereocenters. The minimum atomic E-state index is 0.0607. The van der Waals surface area contributed by atoms with Crippen LogP contribution in [0.1, 0.15) is 34.8 Å². The van der Waals surface area contributed by atoms with Gasteiger partial charge in [-0.05, 0) is 25.0 Å². The fourth-order valence-electron chi connectivity index (χ4n) is 3.26. The molecule has 4 heterocycles. The second kappa shape index (κ2) is 4.98. The van der Waals surface area contributed by atoms with Crippen molar-refractivity contribution in [3.05, 3.63) is 48.0 Å². The molecule has 0 saturated carbocycles. The van der Waals surface area contributed by atoms with Gasteiger partial charge in [-0.25, -0.2) is 4.98 Å². The molecule has 1 fully saturated rings. The third kappa shape index (κ3) is 1.99. The molecule has 1 saturated heterocycles. The molecule has 112 valence electrons. The van der Waals surface area contributed by atoms with Crippen LogP contribution in [0.2, 0.25) is 0 Å². The van der Waals surface area contributed by atoms with Gasteiger partial charge in [-0.1, -0.05) is 0 Å². The van der Waals surface area contributed by atoms with E-state index in [0.29, 0.717) is 5.56 Å². The topological polar surface area (TPSA) is 66.8 Å². The number of aromatic amines is 1. The molecular formula is C16H17N5O. The lowest BCUT2D eigenvalue weighted by Gasteiger charge is -2.23. The third-order valence-corrected chi connectivity index (χ3v) is 4.30. The van der Waals surface area contributed by atoms with Crippen LogP contribution in [0.5, 0.6) is 0 Å². The summed E-state index contributed by atoms with van der Waals surface area (Å²) in [6, 6.07) is 3.90. The van der Waals surface area contributed by atoms with Crippen LogP contribution >= 0.6 is 0 Å². The molecule has 6 nitrogen and oxygen atoms in total. The highest BCUT2D eigenvalue weighted by Crippen LogP contribution is 2.33. The number of fused-ring (bicyclic) bond motifs is 1. The van der Waals surface area contributed by atoms with Gasteiger partial charge in [-0.3, -0.25) is 9.48 Å². The second-order valence-corrected chi connectivity index (χ2v) is 5.71. The Kier molecular flexibility index (Phi) is 2.96. The molecule has 3 aromatic heterocycles. The lowest BCUT2D eigenvalue weighted by atomic mass is 10.1. The van der Waals surface area contributed by atoms with Gasteiger partial charge in [0.25, 0.3) is 5.91 Å². The van der Waals surface area contributed by atoms with E-state index < -0.39 is 0 Å². The third-order valence-electron chi connectivity index (χ3n) is 4.30. The number of aryl methyl sites for hydroxylation is 1. The number of pyridine rings is 1. The average Bonchev–Trinajstić information content (AvgIpc) is 3.25. The number of aromatic nitrogens is 4. The standard InChI is InChI=1S/C16H17N5O/c1-20-10-11(8-19-20)14-5-3-7-21(14)16(22)13-9-18-15-12(13)4-2-6-17-15/h2,4,6,8-10,14H,3,5,7H2,1H3,(H,17,18)/t14-/m0/s1. The molecule has 1 aliphatic rings. The van der Waals surface area contributed by atoms with Gasteiger partial charge in [0.15, 0.2) is 0 Å². The van der Waals surface area contributed by atoms with Crippen molar-refractivity contribution in [3.63, 3.8) is 0 Å². The molecule has 3 aromatic rings. The molecule has 6 heteroatoms. The molecule has 0 aliphatic carbocycles. The van der Waals surface area contributed by atoms with E-state index in [1.807, 2.05) is 36.5 Å². The number of carbonyl (C=O) groups is 1. The van der Waals surface area contributed by atoms with Crippen LogP contribution in [0.4, 0.5) is 0 Å². The number of rotatable bonds is 2. The van der Waals surface area contributed by atoms with Gasteiger partial charge in [-0.15, -0.1) is 0 Å². The molecule has 0 radical (unpaired) electrons. The Morgan fingerprint density at radius 1 is 1.45 bits per heavy atom. The number of nitrogens with one attached hydrogen (secondary N) is 1. The van der Waals surface area contributed by atoms with Gasteiger partial charge < -0.3 is 9.88 Å². The van der Waals surface area contributed by atoms with Crippen LogP contribution in [0.15, 0.2) is 36.9 Å². The summed E-state index contributed by atoms with van der Waals surface area (Å²) < 4.78 is 1.78. The smallest absolute Gasteiger partial charge is 0.256 e. The van der Waals surface area contributed by atoms with Gasteiger partial charge >= 0.3 is 0 Å². The minimum absolute atomic E-state index is 0.0607. The number of likely N-dealkylation sites (tertiary alicyclic amines) is 1. The Bertz CT molecular complexity index is 834. The number of hydrogen-bond donors (Lipinski definition) is 1. The van der Waals surface area contributed by atoms with E-state index in [1.165, 1.54) is 0 Å². The molecule has 1 atom stereocenters. The molecule has 1 N–H and O–H groups in total. The Labute approximate surface area is 127 Å². The van der Waals surface area contributed by atoms with Crippen molar-refractivity contribution in [1.82, 2.24) is 24.6 Å². The summed E-state index contributed by atoms with van der Waals surface area (Å²) in [6.07, 6.45) is 9.34. The van der Waals surface area contributed by atoms with Crippen molar-refractivity contribution in [1.29, 1.82) is 0 Å². The fraction of sp³-hybridized carbons (Fsp3) is 0.312. The zero-order valence-corrected chi connectivity index (χ0v) is 12.4. The number of nitrogens with zero attached hydrogens (tertiary/aromatic N) is 4. The first-order valence-corrected chi connectivity index (χ1v) is 7.45. The number of amides is 1. The van der Waals surface area contributed by atoms with Gasteiger partial charge in [0.05, 0.1) is 17.8 Å². The summed E-state index contributed by atoms with van der Waals surface area (Å²) in [5.74, 6) is 0.0607.